The number of hydrogen-bond acceptors (Lipinski definition) is 5. The maximum Gasteiger partial charge on any atom is 0.237 e. The lowest BCUT2D eigenvalue weighted by molar-refractivity contribution is -0.115. The molecule has 1 unspecified atom stereocenters. The zero-order chi connectivity index (χ0) is 20.2. The molecule has 4 rings (SSSR count). The number of thioether (sulfide) groups is 1. The highest BCUT2D eigenvalue weighted by Gasteiger charge is 2.21. The average Bonchev–Trinajstić information content (AvgIpc) is 3.17. The zero-order valence-corrected chi connectivity index (χ0v) is 17.1. The van der Waals surface area contributed by atoms with Gasteiger partial charge < -0.3 is 9.88 Å². The molecule has 0 fully saturated rings. The van der Waals surface area contributed by atoms with E-state index in [1.165, 1.54) is 11.8 Å². The Labute approximate surface area is 173 Å². The number of benzene rings is 2. The molecule has 2 heterocycles. The van der Waals surface area contributed by atoms with Crippen molar-refractivity contribution in [3.63, 3.8) is 0 Å². The van der Waals surface area contributed by atoms with E-state index in [9.17, 15) is 4.79 Å². The van der Waals surface area contributed by atoms with Crippen LogP contribution in [0.5, 0.6) is 0 Å². The minimum absolute atomic E-state index is 0.0695. The summed E-state index contributed by atoms with van der Waals surface area (Å²) in [6.45, 7) is 4.62. The Morgan fingerprint density at radius 1 is 1.10 bits per heavy atom. The second kappa shape index (κ2) is 8.45. The number of hydrogen-bond donors (Lipinski definition) is 1. The van der Waals surface area contributed by atoms with Crippen LogP contribution in [-0.2, 0) is 11.3 Å². The fourth-order valence-electron chi connectivity index (χ4n) is 3.15. The van der Waals surface area contributed by atoms with Crippen molar-refractivity contribution >= 4 is 34.1 Å². The van der Waals surface area contributed by atoms with Crippen molar-refractivity contribution in [3.8, 4) is 11.4 Å². The number of aromatic nitrogens is 4. The zero-order valence-electron chi connectivity index (χ0n) is 16.2. The topological polar surface area (TPSA) is 72.7 Å². The number of nitrogens with zero attached hydrogens (tertiary/aromatic N) is 4. The van der Waals surface area contributed by atoms with Crippen molar-refractivity contribution < 1.29 is 4.79 Å². The van der Waals surface area contributed by atoms with Gasteiger partial charge in [-0.25, -0.2) is 0 Å². The third kappa shape index (κ3) is 4.00. The molecular weight excluding hydrogens is 382 g/mol. The van der Waals surface area contributed by atoms with Gasteiger partial charge in [0.2, 0.25) is 5.91 Å². The molecule has 0 radical (unpaired) electrons. The molecule has 7 heteroatoms. The Morgan fingerprint density at radius 2 is 1.93 bits per heavy atom. The summed E-state index contributed by atoms with van der Waals surface area (Å²) in [6.07, 6.45) is 3.49. The van der Waals surface area contributed by atoms with Crippen molar-refractivity contribution in [3.05, 3.63) is 67.0 Å². The highest BCUT2D eigenvalue weighted by molar-refractivity contribution is 8.00. The van der Waals surface area contributed by atoms with Gasteiger partial charge in [-0.15, -0.1) is 10.2 Å². The van der Waals surface area contributed by atoms with Crippen molar-refractivity contribution in [1.82, 2.24) is 19.7 Å². The van der Waals surface area contributed by atoms with Crippen molar-refractivity contribution in [2.75, 3.05) is 5.32 Å². The number of carbonyl (C=O) groups excluding carboxylic acids is 1. The number of anilines is 1. The van der Waals surface area contributed by atoms with E-state index in [1.807, 2.05) is 73.0 Å². The van der Waals surface area contributed by atoms with Gasteiger partial charge in [0, 0.05) is 35.6 Å². The van der Waals surface area contributed by atoms with Gasteiger partial charge in [-0.3, -0.25) is 9.78 Å². The molecule has 0 aliphatic carbocycles. The van der Waals surface area contributed by atoms with Crippen LogP contribution in [0, 0.1) is 0 Å². The van der Waals surface area contributed by atoms with Crippen molar-refractivity contribution in [1.29, 1.82) is 0 Å². The first-order valence-electron chi connectivity index (χ1n) is 9.46. The van der Waals surface area contributed by atoms with E-state index in [0.29, 0.717) is 11.7 Å². The minimum Gasteiger partial charge on any atom is -0.325 e. The summed E-state index contributed by atoms with van der Waals surface area (Å²) >= 11 is 1.40. The Bertz CT molecular complexity index is 1140. The van der Waals surface area contributed by atoms with E-state index < -0.39 is 0 Å². The molecule has 2 aromatic heterocycles. The van der Waals surface area contributed by atoms with E-state index in [-0.39, 0.29) is 11.2 Å². The molecule has 4 aromatic rings. The van der Waals surface area contributed by atoms with Gasteiger partial charge in [-0.05, 0) is 37.4 Å². The van der Waals surface area contributed by atoms with Crippen LogP contribution in [0.15, 0.2) is 72.1 Å². The van der Waals surface area contributed by atoms with E-state index in [2.05, 4.69) is 20.5 Å². The standard InChI is InChI=1S/C22H21N5OS/c1-3-27-20(17-10-7-13-23-14-17)25-26-22(27)29-15(2)21(28)24-19-12-6-9-16-8-4-5-11-18(16)19/h4-15H,3H2,1-2H3,(H,24,28). The lowest BCUT2D eigenvalue weighted by atomic mass is 10.1. The fraction of sp³-hybridized carbons (Fsp3) is 0.182. The third-order valence-corrected chi connectivity index (χ3v) is 5.73. The van der Waals surface area contributed by atoms with Gasteiger partial charge in [0.15, 0.2) is 11.0 Å². The number of rotatable bonds is 6. The molecule has 1 N–H and O–H groups in total. The first kappa shape index (κ1) is 19.1. The summed E-state index contributed by atoms with van der Waals surface area (Å²) < 4.78 is 2.00. The number of fused-ring (bicyclic) bond motifs is 1. The van der Waals surface area contributed by atoms with Gasteiger partial charge in [0.1, 0.15) is 0 Å². The summed E-state index contributed by atoms with van der Waals surface area (Å²) in [7, 11) is 0. The molecule has 0 saturated heterocycles. The highest BCUT2D eigenvalue weighted by Crippen LogP contribution is 2.28. The number of carbonyl (C=O) groups is 1. The van der Waals surface area contributed by atoms with Gasteiger partial charge in [-0.2, -0.15) is 0 Å². The van der Waals surface area contributed by atoms with Crippen LogP contribution in [0.1, 0.15) is 13.8 Å². The normalized spacial score (nSPS) is 12.1. The summed E-state index contributed by atoms with van der Waals surface area (Å²) in [6, 6.07) is 17.7. The van der Waals surface area contributed by atoms with E-state index in [4.69, 9.17) is 0 Å². The van der Waals surface area contributed by atoms with Crippen LogP contribution in [-0.4, -0.2) is 30.9 Å². The molecule has 0 bridgehead atoms. The van der Waals surface area contributed by atoms with Gasteiger partial charge >= 0.3 is 0 Å². The molecular formula is C22H21N5OS. The van der Waals surface area contributed by atoms with Crippen molar-refractivity contribution in [2.45, 2.75) is 30.8 Å². The fourth-order valence-corrected chi connectivity index (χ4v) is 4.06. The summed E-state index contributed by atoms with van der Waals surface area (Å²) in [4.78, 5) is 17.0. The lowest BCUT2D eigenvalue weighted by Gasteiger charge is -2.14. The van der Waals surface area contributed by atoms with Crippen LogP contribution in [0.3, 0.4) is 0 Å². The molecule has 2 aromatic carbocycles. The highest BCUT2D eigenvalue weighted by atomic mass is 32.2. The van der Waals surface area contributed by atoms with Crippen LogP contribution >= 0.6 is 11.8 Å². The Balaban J connectivity index is 1.53. The van der Waals surface area contributed by atoms with Crippen LogP contribution in [0.4, 0.5) is 5.69 Å². The van der Waals surface area contributed by atoms with Gasteiger partial charge in [-0.1, -0.05) is 48.2 Å². The Morgan fingerprint density at radius 3 is 2.72 bits per heavy atom. The first-order valence-corrected chi connectivity index (χ1v) is 10.3. The second-order valence-corrected chi connectivity index (χ2v) is 7.88. The predicted octanol–water partition coefficient (Wildman–Crippen LogP) is 4.63. The van der Waals surface area contributed by atoms with E-state index in [1.54, 1.807) is 12.4 Å². The first-order chi connectivity index (χ1) is 14.2. The van der Waals surface area contributed by atoms with Crippen molar-refractivity contribution in [2.24, 2.45) is 0 Å². The van der Waals surface area contributed by atoms with E-state index in [0.717, 1.165) is 27.8 Å². The molecule has 1 atom stereocenters. The quantitative estimate of drug-likeness (QED) is 0.475. The molecule has 146 valence electrons. The predicted molar refractivity (Wildman–Crippen MR) is 117 cm³/mol. The van der Waals surface area contributed by atoms with E-state index >= 15 is 0 Å². The number of pyridine rings is 1. The second-order valence-electron chi connectivity index (χ2n) is 6.57. The number of amides is 1. The number of nitrogens with one attached hydrogen (secondary N) is 1. The van der Waals surface area contributed by atoms with Crippen LogP contribution in [0.25, 0.3) is 22.2 Å². The molecule has 0 saturated carbocycles. The van der Waals surface area contributed by atoms with Crippen LogP contribution < -0.4 is 5.32 Å². The molecule has 6 nitrogen and oxygen atoms in total. The molecule has 1 amide bonds. The Hall–Kier alpha value is -3.19. The monoisotopic (exact) mass is 403 g/mol. The largest absolute Gasteiger partial charge is 0.325 e. The maximum absolute atomic E-state index is 12.8. The third-order valence-electron chi connectivity index (χ3n) is 4.65. The SMILES string of the molecule is CCn1c(SC(C)C(=O)Nc2cccc3ccccc23)nnc1-c1cccnc1. The minimum atomic E-state index is -0.329. The van der Waals surface area contributed by atoms with Crippen LogP contribution in [0.2, 0.25) is 0 Å². The molecule has 29 heavy (non-hydrogen) atoms. The maximum atomic E-state index is 12.8. The molecule has 0 aliphatic rings. The lowest BCUT2D eigenvalue weighted by Crippen LogP contribution is -2.23. The molecule has 0 aliphatic heterocycles. The average molecular weight is 404 g/mol. The Kier molecular flexibility index (Phi) is 5.57. The van der Waals surface area contributed by atoms with Gasteiger partial charge in [0.05, 0.1) is 5.25 Å². The summed E-state index contributed by atoms with van der Waals surface area (Å²) in [5.74, 6) is 0.685. The smallest absolute Gasteiger partial charge is 0.237 e. The summed E-state index contributed by atoms with van der Waals surface area (Å²) in [5, 5.41) is 14.2. The summed E-state index contributed by atoms with van der Waals surface area (Å²) in [5.41, 5.74) is 1.72. The van der Waals surface area contributed by atoms with Gasteiger partial charge in [0.25, 0.3) is 0 Å². The molecule has 0 spiro atoms.